The van der Waals surface area contributed by atoms with Gasteiger partial charge in [-0.1, -0.05) is 6.92 Å². The Morgan fingerprint density at radius 3 is 2.79 bits per heavy atom. The van der Waals surface area contributed by atoms with E-state index < -0.39 is 12.0 Å². The lowest BCUT2D eigenvalue weighted by atomic mass is 9.98. The minimum Gasteiger partial charge on any atom is -0.467 e. The molecule has 1 unspecified atom stereocenters. The SMILES string of the molecule is CCC1CCCCN1C(=O)c1c(C)nc(C(F)(F)F)nc1NCc1ccco1. The monoisotopic (exact) mass is 396 g/mol. The fraction of sp³-hybridized carbons (Fsp3) is 0.526. The van der Waals surface area contributed by atoms with Crippen LogP contribution >= 0.6 is 0 Å². The molecule has 0 aromatic carbocycles. The molecule has 0 bridgehead atoms. The van der Waals surface area contributed by atoms with Gasteiger partial charge in [-0.15, -0.1) is 0 Å². The number of hydrogen-bond donors (Lipinski definition) is 1. The molecule has 0 spiro atoms. The zero-order valence-electron chi connectivity index (χ0n) is 15.8. The first-order chi connectivity index (χ1) is 13.3. The summed E-state index contributed by atoms with van der Waals surface area (Å²) in [4.78, 5) is 22.2. The second-order valence-electron chi connectivity index (χ2n) is 6.84. The number of amides is 1. The quantitative estimate of drug-likeness (QED) is 0.810. The number of furan rings is 1. The molecular formula is C19H23F3N4O2. The first-order valence-corrected chi connectivity index (χ1v) is 9.34. The second-order valence-corrected chi connectivity index (χ2v) is 6.84. The smallest absolute Gasteiger partial charge is 0.451 e. The van der Waals surface area contributed by atoms with Gasteiger partial charge in [0.05, 0.1) is 18.5 Å². The van der Waals surface area contributed by atoms with Crippen LogP contribution in [-0.4, -0.2) is 33.4 Å². The number of halogens is 3. The van der Waals surface area contributed by atoms with Crippen LogP contribution in [0.1, 0.15) is 60.2 Å². The molecule has 28 heavy (non-hydrogen) atoms. The number of aromatic nitrogens is 2. The molecule has 2 aromatic rings. The fourth-order valence-electron chi connectivity index (χ4n) is 3.50. The van der Waals surface area contributed by atoms with Crippen LogP contribution in [0.2, 0.25) is 0 Å². The van der Waals surface area contributed by atoms with Crippen LogP contribution in [-0.2, 0) is 12.7 Å². The van der Waals surface area contributed by atoms with Crippen molar-refractivity contribution in [2.75, 3.05) is 11.9 Å². The van der Waals surface area contributed by atoms with Gasteiger partial charge in [0.2, 0.25) is 5.82 Å². The molecule has 9 heteroatoms. The number of carbonyl (C=O) groups excluding carboxylic acids is 1. The average Bonchev–Trinajstić information content (AvgIpc) is 3.18. The van der Waals surface area contributed by atoms with Gasteiger partial charge in [-0.2, -0.15) is 13.2 Å². The van der Waals surface area contributed by atoms with E-state index in [-0.39, 0.29) is 35.6 Å². The Morgan fingerprint density at radius 1 is 1.36 bits per heavy atom. The lowest BCUT2D eigenvalue weighted by molar-refractivity contribution is -0.145. The maximum atomic E-state index is 13.2. The Labute approximate surface area is 161 Å². The Bertz CT molecular complexity index is 821. The van der Waals surface area contributed by atoms with Crippen LogP contribution in [0.15, 0.2) is 22.8 Å². The predicted molar refractivity (Wildman–Crippen MR) is 96.8 cm³/mol. The van der Waals surface area contributed by atoms with Gasteiger partial charge in [0.1, 0.15) is 17.1 Å². The van der Waals surface area contributed by atoms with Crippen LogP contribution in [0, 0.1) is 6.92 Å². The van der Waals surface area contributed by atoms with Crippen LogP contribution in [0.3, 0.4) is 0 Å². The van der Waals surface area contributed by atoms with Crippen molar-refractivity contribution in [2.45, 2.75) is 58.3 Å². The third kappa shape index (κ3) is 4.28. The highest BCUT2D eigenvalue weighted by atomic mass is 19.4. The molecule has 6 nitrogen and oxygen atoms in total. The van der Waals surface area contributed by atoms with Gasteiger partial charge in [0.15, 0.2) is 0 Å². The molecule has 1 amide bonds. The Kier molecular flexibility index (Phi) is 5.90. The van der Waals surface area contributed by atoms with Crippen LogP contribution in [0.25, 0.3) is 0 Å². The number of hydrogen-bond acceptors (Lipinski definition) is 5. The molecular weight excluding hydrogens is 373 g/mol. The van der Waals surface area contributed by atoms with Gasteiger partial charge in [-0.25, -0.2) is 9.97 Å². The predicted octanol–water partition coefficient (Wildman–Crippen LogP) is 4.41. The molecule has 1 atom stereocenters. The number of carbonyl (C=O) groups is 1. The van der Waals surface area contributed by atoms with Crippen molar-refractivity contribution in [1.29, 1.82) is 0 Å². The molecule has 2 aromatic heterocycles. The molecule has 0 aliphatic carbocycles. The summed E-state index contributed by atoms with van der Waals surface area (Å²) in [7, 11) is 0. The minimum absolute atomic E-state index is 0.00898. The summed E-state index contributed by atoms with van der Waals surface area (Å²) in [6.45, 7) is 4.10. The average molecular weight is 396 g/mol. The van der Waals surface area contributed by atoms with Crippen molar-refractivity contribution >= 4 is 11.7 Å². The Morgan fingerprint density at radius 2 is 2.14 bits per heavy atom. The maximum absolute atomic E-state index is 13.2. The van der Waals surface area contributed by atoms with Gasteiger partial charge in [0.25, 0.3) is 5.91 Å². The molecule has 1 fully saturated rings. The number of nitrogens with one attached hydrogen (secondary N) is 1. The van der Waals surface area contributed by atoms with Gasteiger partial charge in [0, 0.05) is 12.6 Å². The van der Waals surface area contributed by atoms with E-state index in [9.17, 15) is 18.0 Å². The second kappa shape index (κ2) is 8.20. The van der Waals surface area contributed by atoms with Crippen molar-refractivity contribution in [2.24, 2.45) is 0 Å². The number of rotatable bonds is 5. The summed E-state index contributed by atoms with van der Waals surface area (Å²) >= 11 is 0. The molecule has 1 aliphatic heterocycles. The van der Waals surface area contributed by atoms with E-state index in [0.717, 1.165) is 25.7 Å². The van der Waals surface area contributed by atoms with Gasteiger partial charge < -0.3 is 14.6 Å². The van der Waals surface area contributed by atoms with Crippen LogP contribution in [0.5, 0.6) is 0 Å². The lowest BCUT2D eigenvalue weighted by Gasteiger charge is -2.35. The lowest BCUT2D eigenvalue weighted by Crippen LogP contribution is -2.44. The number of nitrogens with zero attached hydrogens (tertiary/aromatic N) is 3. The van der Waals surface area contributed by atoms with Crippen LogP contribution < -0.4 is 5.32 Å². The maximum Gasteiger partial charge on any atom is 0.451 e. The first-order valence-electron chi connectivity index (χ1n) is 9.34. The number of alkyl halides is 3. The number of likely N-dealkylation sites (tertiary alicyclic amines) is 1. The van der Waals surface area contributed by atoms with Crippen LogP contribution in [0.4, 0.5) is 19.0 Å². The van der Waals surface area contributed by atoms with Gasteiger partial charge in [-0.3, -0.25) is 4.79 Å². The van der Waals surface area contributed by atoms with Gasteiger partial charge >= 0.3 is 6.18 Å². The third-order valence-corrected chi connectivity index (χ3v) is 4.93. The highest BCUT2D eigenvalue weighted by molar-refractivity contribution is 6.00. The molecule has 0 radical (unpaired) electrons. The molecule has 1 saturated heterocycles. The van der Waals surface area contributed by atoms with Crippen molar-refractivity contribution in [3.63, 3.8) is 0 Å². The molecule has 1 aliphatic rings. The molecule has 1 N–H and O–H groups in total. The first kappa shape index (κ1) is 20.2. The topological polar surface area (TPSA) is 71.3 Å². The summed E-state index contributed by atoms with van der Waals surface area (Å²) in [5.41, 5.74) is 0.0922. The van der Waals surface area contributed by atoms with E-state index in [1.165, 1.54) is 13.2 Å². The van der Waals surface area contributed by atoms with Crippen molar-refractivity contribution < 1.29 is 22.4 Å². The van der Waals surface area contributed by atoms with E-state index >= 15 is 0 Å². The van der Waals surface area contributed by atoms with E-state index in [1.807, 2.05) is 6.92 Å². The number of aryl methyl sites for hydroxylation is 1. The zero-order chi connectivity index (χ0) is 20.3. The van der Waals surface area contributed by atoms with Crippen molar-refractivity contribution in [3.05, 3.63) is 41.2 Å². The molecule has 0 saturated carbocycles. The molecule has 3 heterocycles. The van der Waals surface area contributed by atoms with Crippen molar-refractivity contribution in [3.8, 4) is 0 Å². The summed E-state index contributed by atoms with van der Waals surface area (Å²) in [6.07, 6.45) is 0.352. The Hall–Kier alpha value is -2.58. The van der Waals surface area contributed by atoms with Crippen molar-refractivity contribution in [1.82, 2.24) is 14.9 Å². The third-order valence-electron chi connectivity index (χ3n) is 4.93. The van der Waals surface area contributed by atoms with E-state index in [4.69, 9.17) is 4.42 Å². The fourth-order valence-corrected chi connectivity index (χ4v) is 3.50. The number of piperidine rings is 1. The van der Waals surface area contributed by atoms with E-state index in [2.05, 4.69) is 15.3 Å². The number of anilines is 1. The molecule has 3 rings (SSSR count). The summed E-state index contributed by atoms with van der Waals surface area (Å²) in [6, 6.07) is 3.43. The Balaban J connectivity index is 1.98. The highest BCUT2D eigenvalue weighted by Gasteiger charge is 2.38. The van der Waals surface area contributed by atoms with E-state index in [0.29, 0.717) is 12.3 Å². The normalized spacial score (nSPS) is 17.6. The summed E-state index contributed by atoms with van der Waals surface area (Å²) in [5, 5.41) is 2.83. The van der Waals surface area contributed by atoms with Gasteiger partial charge in [-0.05, 0) is 44.7 Å². The standard InChI is InChI=1S/C19H23F3N4O2/c1-3-13-7-4-5-9-26(13)17(27)15-12(2)24-18(19(20,21)22)25-16(15)23-11-14-8-6-10-28-14/h6,8,10,13H,3-5,7,9,11H2,1-2H3,(H,23,24,25). The van der Waals surface area contributed by atoms with E-state index in [1.54, 1.807) is 17.0 Å². The summed E-state index contributed by atoms with van der Waals surface area (Å²) < 4.78 is 44.8. The summed E-state index contributed by atoms with van der Waals surface area (Å²) in [5.74, 6) is -1.21. The zero-order valence-corrected chi connectivity index (χ0v) is 15.8. The molecule has 152 valence electrons. The largest absolute Gasteiger partial charge is 0.467 e. The minimum atomic E-state index is -4.70. The highest BCUT2D eigenvalue weighted by Crippen LogP contribution is 2.31.